The van der Waals surface area contributed by atoms with E-state index < -0.39 is 0 Å². The molecule has 0 bridgehead atoms. The molecule has 3 aromatic rings. The number of anilines is 1. The zero-order chi connectivity index (χ0) is 15.5. The molecule has 1 aliphatic heterocycles. The largest absolute Gasteiger partial charge is 0.488 e. The van der Waals surface area contributed by atoms with Gasteiger partial charge in [-0.3, -0.25) is 9.97 Å². The first kappa shape index (κ1) is 14.1. The second-order valence-corrected chi connectivity index (χ2v) is 6.22. The van der Waals surface area contributed by atoms with Crippen LogP contribution in [-0.2, 0) is 0 Å². The van der Waals surface area contributed by atoms with E-state index in [1.54, 1.807) is 29.9 Å². The molecular weight excluding hydrogens is 310 g/mol. The summed E-state index contributed by atoms with van der Waals surface area (Å²) in [5, 5.41) is 10.3. The first-order chi connectivity index (χ1) is 11.4. The van der Waals surface area contributed by atoms with Crippen LogP contribution in [0.1, 0.15) is 6.42 Å². The van der Waals surface area contributed by atoms with Gasteiger partial charge in [0.2, 0.25) is 5.13 Å². The molecule has 0 N–H and O–H groups in total. The average molecular weight is 325 g/mol. The number of hydrogen-bond acceptors (Lipinski definition) is 7. The Morgan fingerprint density at radius 1 is 1.09 bits per heavy atom. The molecule has 4 heterocycles. The molecule has 23 heavy (non-hydrogen) atoms. The lowest BCUT2D eigenvalue weighted by atomic mass is 10.3. The van der Waals surface area contributed by atoms with Crippen molar-refractivity contribution in [3.63, 3.8) is 0 Å². The van der Waals surface area contributed by atoms with Crippen LogP contribution in [0.2, 0.25) is 0 Å². The van der Waals surface area contributed by atoms with E-state index in [2.05, 4.69) is 25.1 Å². The highest BCUT2D eigenvalue weighted by Gasteiger charge is 2.26. The number of rotatable bonds is 4. The van der Waals surface area contributed by atoms with Crippen LogP contribution < -0.4 is 9.64 Å². The van der Waals surface area contributed by atoms with Gasteiger partial charge >= 0.3 is 0 Å². The molecule has 7 heteroatoms. The predicted molar refractivity (Wildman–Crippen MR) is 88.6 cm³/mol. The Morgan fingerprint density at radius 2 is 2.00 bits per heavy atom. The zero-order valence-corrected chi connectivity index (χ0v) is 13.2. The van der Waals surface area contributed by atoms with Crippen molar-refractivity contribution in [2.24, 2.45) is 0 Å². The molecular formula is C16H15N5OS. The van der Waals surface area contributed by atoms with E-state index >= 15 is 0 Å². The van der Waals surface area contributed by atoms with Gasteiger partial charge in [-0.05, 0) is 24.3 Å². The van der Waals surface area contributed by atoms with Crippen molar-refractivity contribution in [2.45, 2.75) is 12.5 Å². The monoisotopic (exact) mass is 325 g/mol. The van der Waals surface area contributed by atoms with Crippen molar-refractivity contribution in [2.75, 3.05) is 18.0 Å². The molecule has 4 rings (SSSR count). The smallest absolute Gasteiger partial charge is 0.208 e. The van der Waals surface area contributed by atoms with E-state index in [9.17, 15) is 0 Å². The maximum Gasteiger partial charge on any atom is 0.208 e. The van der Waals surface area contributed by atoms with E-state index in [0.717, 1.165) is 41.1 Å². The molecule has 3 aromatic heterocycles. The maximum atomic E-state index is 5.98. The average Bonchev–Trinajstić information content (AvgIpc) is 3.26. The minimum absolute atomic E-state index is 0.166. The molecule has 1 aliphatic rings. The molecule has 0 aliphatic carbocycles. The Morgan fingerprint density at radius 3 is 2.83 bits per heavy atom. The van der Waals surface area contributed by atoms with Crippen LogP contribution in [0.5, 0.6) is 5.75 Å². The fourth-order valence-corrected chi connectivity index (χ4v) is 3.40. The van der Waals surface area contributed by atoms with Gasteiger partial charge in [0.25, 0.3) is 0 Å². The van der Waals surface area contributed by atoms with E-state index in [-0.39, 0.29) is 6.10 Å². The lowest BCUT2D eigenvalue weighted by molar-refractivity contribution is 0.224. The maximum absolute atomic E-state index is 5.98. The lowest BCUT2D eigenvalue weighted by Gasteiger charge is -2.15. The van der Waals surface area contributed by atoms with Crippen molar-refractivity contribution in [3.05, 3.63) is 48.9 Å². The summed E-state index contributed by atoms with van der Waals surface area (Å²) in [4.78, 5) is 10.5. The summed E-state index contributed by atoms with van der Waals surface area (Å²) in [6, 6.07) is 9.56. The topological polar surface area (TPSA) is 64.0 Å². The standard InChI is InChI=1S/C16H15N5OS/c1-2-7-18-14(3-1)15-19-20-16(23-15)21-10-6-13(11-21)22-12-4-8-17-9-5-12/h1-5,7-9,13H,6,10-11H2. The number of aromatic nitrogens is 4. The van der Waals surface area contributed by atoms with Gasteiger partial charge < -0.3 is 9.64 Å². The highest BCUT2D eigenvalue weighted by molar-refractivity contribution is 7.18. The van der Waals surface area contributed by atoms with Gasteiger partial charge in [0, 0.05) is 31.6 Å². The Kier molecular flexibility index (Phi) is 3.85. The predicted octanol–water partition coefficient (Wildman–Crippen LogP) is 2.65. The van der Waals surface area contributed by atoms with Crippen molar-refractivity contribution >= 4 is 16.5 Å². The number of nitrogens with zero attached hydrogens (tertiary/aromatic N) is 5. The van der Waals surface area contributed by atoms with Crippen LogP contribution in [0, 0.1) is 0 Å². The Hall–Kier alpha value is -2.54. The van der Waals surface area contributed by atoms with Crippen LogP contribution in [0.25, 0.3) is 10.7 Å². The molecule has 6 nitrogen and oxygen atoms in total. The highest BCUT2D eigenvalue weighted by Crippen LogP contribution is 2.30. The van der Waals surface area contributed by atoms with Gasteiger partial charge in [0.05, 0.1) is 6.54 Å². The normalized spacial score (nSPS) is 17.4. The first-order valence-corrected chi connectivity index (χ1v) is 8.27. The first-order valence-electron chi connectivity index (χ1n) is 7.45. The molecule has 0 radical (unpaired) electrons. The second-order valence-electron chi connectivity index (χ2n) is 5.26. The van der Waals surface area contributed by atoms with Gasteiger partial charge in [-0.25, -0.2) is 0 Å². The van der Waals surface area contributed by atoms with Crippen molar-refractivity contribution in [1.29, 1.82) is 0 Å². The molecule has 1 atom stereocenters. The Bertz CT molecular complexity index is 764. The van der Waals surface area contributed by atoms with E-state index in [4.69, 9.17) is 4.74 Å². The SMILES string of the molecule is c1ccc(-c2nnc(N3CCC(Oc4ccncc4)C3)s2)nc1. The minimum Gasteiger partial charge on any atom is -0.488 e. The zero-order valence-electron chi connectivity index (χ0n) is 12.4. The van der Waals surface area contributed by atoms with Gasteiger partial charge in [0.15, 0.2) is 5.01 Å². The van der Waals surface area contributed by atoms with E-state index in [1.807, 2.05) is 30.3 Å². The summed E-state index contributed by atoms with van der Waals surface area (Å²) in [6.07, 6.45) is 6.39. The number of pyridine rings is 2. The third-order valence-corrected chi connectivity index (χ3v) is 4.67. The number of hydrogen-bond donors (Lipinski definition) is 0. The lowest BCUT2D eigenvalue weighted by Crippen LogP contribution is -2.24. The van der Waals surface area contributed by atoms with Crippen LogP contribution >= 0.6 is 11.3 Å². The fourth-order valence-electron chi connectivity index (χ4n) is 2.54. The van der Waals surface area contributed by atoms with Crippen LogP contribution in [0.15, 0.2) is 48.9 Å². The molecule has 116 valence electrons. The molecule has 1 fully saturated rings. The molecule has 0 aromatic carbocycles. The molecule has 1 unspecified atom stereocenters. The summed E-state index contributed by atoms with van der Waals surface area (Å²) in [6.45, 7) is 1.74. The summed E-state index contributed by atoms with van der Waals surface area (Å²) in [5.41, 5.74) is 0.861. The summed E-state index contributed by atoms with van der Waals surface area (Å²) < 4.78 is 5.98. The molecule has 0 spiro atoms. The molecule has 0 amide bonds. The second kappa shape index (κ2) is 6.29. The summed E-state index contributed by atoms with van der Waals surface area (Å²) in [7, 11) is 0. The van der Waals surface area contributed by atoms with E-state index in [0.29, 0.717) is 0 Å². The highest BCUT2D eigenvalue weighted by atomic mass is 32.1. The minimum atomic E-state index is 0.166. The van der Waals surface area contributed by atoms with Crippen LogP contribution in [0.4, 0.5) is 5.13 Å². The Labute approximate surface area is 137 Å². The van der Waals surface area contributed by atoms with Gasteiger partial charge in [0.1, 0.15) is 17.5 Å². The third kappa shape index (κ3) is 3.14. The van der Waals surface area contributed by atoms with Crippen molar-refractivity contribution < 1.29 is 4.74 Å². The quantitative estimate of drug-likeness (QED) is 0.735. The summed E-state index contributed by atoms with van der Waals surface area (Å²) in [5.74, 6) is 0.860. The number of ether oxygens (including phenoxy) is 1. The Balaban J connectivity index is 1.43. The van der Waals surface area contributed by atoms with Gasteiger partial charge in [-0.1, -0.05) is 17.4 Å². The van der Waals surface area contributed by atoms with Gasteiger partial charge in [-0.2, -0.15) is 0 Å². The molecule has 1 saturated heterocycles. The van der Waals surface area contributed by atoms with Crippen LogP contribution in [-0.4, -0.2) is 39.4 Å². The van der Waals surface area contributed by atoms with Crippen molar-refractivity contribution in [3.8, 4) is 16.5 Å². The summed E-state index contributed by atoms with van der Waals surface area (Å²) >= 11 is 1.57. The molecule has 0 saturated carbocycles. The third-order valence-electron chi connectivity index (χ3n) is 3.67. The van der Waals surface area contributed by atoms with Crippen LogP contribution in [0.3, 0.4) is 0 Å². The van der Waals surface area contributed by atoms with E-state index in [1.165, 1.54) is 0 Å². The van der Waals surface area contributed by atoms with Crippen molar-refractivity contribution in [1.82, 2.24) is 20.2 Å². The fraction of sp³-hybridized carbons (Fsp3) is 0.250. The van der Waals surface area contributed by atoms with Gasteiger partial charge in [-0.15, -0.1) is 10.2 Å².